The molecule has 1 N–H and O–H groups in total. The second-order valence-electron chi connectivity index (χ2n) is 7.09. The molecule has 112 valence electrons. The first-order valence-electron chi connectivity index (χ1n) is 7.99. The van der Waals surface area contributed by atoms with Gasteiger partial charge in [0.2, 0.25) is 0 Å². The van der Waals surface area contributed by atoms with Crippen LogP contribution in [0.25, 0.3) is 0 Å². The largest absolute Gasteiger partial charge is 0.311 e. The summed E-state index contributed by atoms with van der Waals surface area (Å²) in [6, 6.07) is 12.1. The second-order valence-corrected chi connectivity index (χ2v) is 7.09. The van der Waals surface area contributed by atoms with Crippen LogP contribution in [0.5, 0.6) is 0 Å². The Hall–Kier alpha value is -0.860. The minimum absolute atomic E-state index is 0.100. The molecule has 1 fully saturated rings. The first kappa shape index (κ1) is 15.5. The molecule has 0 amide bonds. The molecule has 1 aliphatic rings. The molecule has 2 heteroatoms. The van der Waals surface area contributed by atoms with Crippen molar-refractivity contribution < 1.29 is 0 Å². The number of hydrogen-bond acceptors (Lipinski definition) is 2. The molecule has 2 nitrogen and oxygen atoms in total. The van der Waals surface area contributed by atoms with Gasteiger partial charge in [0.05, 0.1) is 5.54 Å². The van der Waals surface area contributed by atoms with Crippen LogP contribution in [0.3, 0.4) is 0 Å². The van der Waals surface area contributed by atoms with Crippen LogP contribution in [0, 0.1) is 5.92 Å². The standard InChI is InChI=1S/C18H30N2/c1-14(2)11-17-12-20(15(3)4)18(5,13-19-17)16-9-7-6-8-10-16/h6-10,14-15,17,19H,11-13H2,1-5H3. The fourth-order valence-electron chi connectivity index (χ4n) is 3.52. The number of nitrogens with one attached hydrogen (secondary N) is 1. The van der Waals surface area contributed by atoms with E-state index in [0.717, 1.165) is 19.0 Å². The van der Waals surface area contributed by atoms with E-state index in [4.69, 9.17) is 0 Å². The Morgan fingerprint density at radius 1 is 1.20 bits per heavy atom. The zero-order valence-corrected chi connectivity index (χ0v) is 13.7. The highest BCUT2D eigenvalue weighted by atomic mass is 15.3. The molecule has 1 aromatic carbocycles. The number of benzene rings is 1. The first-order chi connectivity index (χ1) is 9.43. The van der Waals surface area contributed by atoms with Gasteiger partial charge in [0.1, 0.15) is 0 Å². The fourth-order valence-corrected chi connectivity index (χ4v) is 3.52. The summed E-state index contributed by atoms with van der Waals surface area (Å²) >= 11 is 0. The van der Waals surface area contributed by atoms with Gasteiger partial charge in [-0.25, -0.2) is 0 Å². The average molecular weight is 274 g/mol. The molecule has 2 atom stereocenters. The van der Waals surface area contributed by atoms with Crippen molar-refractivity contribution in [2.24, 2.45) is 5.92 Å². The Kier molecular flexibility index (Phi) is 4.87. The van der Waals surface area contributed by atoms with Gasteiger partial charge in [0, 0.05) is 25.2 Å². The maximum absolute atomic E-state index is 3.78. The van der Waals surface area contributed by atoms with Crippen molar-refractivity contribution in [3.8, 4) is 0 Å². The van der Waals surface area contributed by atoms with E-state index in [9.17, 15) is 0 Å². The van der Waals surface area contributed by atoms with Crippen molar-refractivity contribution in [2.45, 2.75) is 58.7 Å². The molecule has 0 bridgehead atoms. The lowest BCUT2D eigenvalue weighted by atomic mass is 9.84. The molecule has 0 saturated carbocycles. The number of hydrogen-bond donors (Lipinski definition) is 1. The Balaban J connectivity index is 2.21. The van der Waals surface area contributed by atoms with Crippen LogP contribution in [0.4, 0.5) is 0 Å². The Morgan fingerprint density at radius 3 is 2.40 bits per heavy atom. The maximum atomic E-state index is 3.78. The molecule has 2 unspecified atom stereocenters. The van der Waals surface area contributed by atoms with E-state index in [1.54, 1.807) is 0 Å². The highest BCUT2D eigenvalue weighted by molar-refractivity contribution is 5.25. The van der Waals surface area contributed by atoms with Crippen LogP contribution < -0.4 is 5.32 Å². The molecule has 1 aliphatic heterocycles. The van der Waals surface area contributed by atoms with Crippen LogP contribution >= 0.6 is 0 Å². The summed E-state index contributed by atoms with van der Waals surface area (Å²) in [5.41, 5.74) is 1.52. The van der Waals surface area contributed by atoms with E-state index in [0.29, 0.717) is 12.1 Å². The average Bonchev–Trinajstić information content (AvgIpc) is 2.41. The zero-order valence-electron chi connectivity index (χ0n) is 13.7. The van der Waals surface area contributed by atoms with Crippen molar-refractivity contribution in [1.29, 1.82) is 0 Å². The smallest absolute Gasteiger partial charge is 0.0560 e. The summed E-state index contributed by atoms with van der Waals surface area (Å²) < 4.78 is 0. The van der Waals surface area contributed by atoms with E-state index in [-0.39, 0.29) is 5.54 Å². The van der Waals surface area contributed by atoms with Gasteiger partial charge in [-0.05, 0) is 38.7 Å². The van der Waals surface area contributed by atoms with Crippen LogP contribution in [-0.2, 0) is 5.54 Å². The zero-order chi connectivity index (χ0) is 14.8. The maximum Gasteiger partial charge on any atom is 0.0560 e. The summed E-state index contributed by atoms with van der Waals surface area (Å²) in [6.07, 6.45) is 1.26. The molecule has 0 radical (unpaired) electrons. The summed E-state index contributed by atoms with van der Waals surface area (Å²) in [7, 11) is 0. The summed E-state index contributed by atoms with van der Waals surface area (Å²) in [5, 5.41) is 3.78. The summed E-state index contributed by atoms with van der Waals surface area (Å²) in [5.74, 6) is 0.752. The molecular formula is C18H30N2. The van der Waals surface area contributed by atoms with Crippen molar-refractivity contribution in [2.75, 3.05) is 13.1 Å². The third-order valence-corrected chi connectivity index (χ3v) is 4.56. The van der Waals surface area contributed by atoms with Gasteiger partial charge in [-0.15, -0.1) is 0 Å². The monoisotopic (exact) mass is 274 g/mol. The van der Waals surface area contributed by atoms with E-state index in [2.05, 4.69) is 75.2 Å². The lowest BCUT2D eigenvalue weighted by molar-refractivity contribution is 0.0181. The number of piperazine rings is 1. The van der Waals surface area contributed by atoms with E-state index < -0.39 is 0 Å². The Morgan fingerprint density at radius 2 is 1.85 bits per heavy atom. The lowest BCUT2D eigenvalue weighted by Crippen LogP contribution is -2.63. The molecule has 0 aromatic heterocycles. The topological polar surface area (TPSA) is 15.3 Å². The van der Waals surface area contributed by atoms with Crippen molar-refractivity contribution in [1.82, 2.24) is 10.2 Å². The molecule has 2 rings (SSSR count). The van der Waals surface area contributed by atoms with E-state index >= 15 is 0 Å². The van der Waals surface area contributed by atoms with Crippen LogP contribution in [0.1, 0.15) is 46.6 Å². The predicted molar refractivity (Wildman–Crippen MR) is 86.9 cm³/mol. The third-order valence-electron chi connectivity index (χ3n) is 4.56. The summed E-state index contributed by atoms with van der Waals surface area (Å²) in [4.78, 5) is 2.67. The van der Waals surface area contributed by atoms with E-state index in [1.807, 2.05) is 0 Å². The van der Waals surface area contributed by atoms with Gasteiger partial charge >= 0.3 is 0 Å². The number of nitrogens with zero attached hydrogens (tertiary/aromatic N) is 1. The molecule has 1 aromatic rings. The molecule has 0 aliphatic carbocycles. The van der Waals surface area contributed by atoms with Gasteiger partial charge in [-0.2, -0.15) is 0 Å². The van der Waals surface area contributed by atoms with Gasteiger partial charge in [0.25, 0.3) is 0 Å². The lowest BCUT2D eigenvalue weighted by Gasteiger charge is -2.51. The molecule has 1 saturated heterocycles. The normalized spacial score (nSPS) is 28.2. The highest BCUT2D eigenvalue weighted by Crippen LogP contribution is 2.33. The predicted octanol–water partition coefficient (Wildman–Crippen LogP) is 3.63. The third kappa shape index (κ3) is 3.24. The molecular weight excluding hydrogens is 244 g/mol. The van der Waals surface area contributed by atoms with Gasteiger partial charge in [0.15, 0.2) is 0 Å². The second kappa shape index (κ2) is 6.28. The molecule has 1 heterocycles. The van der Waals surface area contributed by atoms with Crippen molar-refractivity contribution >= 4 is 0 Å². The van der Waals surface area contributed by atoms with Crippen molar-refractivity contribution in [3.63, 3.8) is 0 Å². The minimum Gasteiger partial charge on any atom is -0.311 e. The van der Waals surface area contributed by atoms with Gasteiger partial charge in [-0.3, -0.25) is 4.90 Å². The fraction of sp³-hybridized carbons (Fsp3) is 0.667. The SMILES string of the molecule is CC(C)CC1CN(C(C)C)C(C)(c2ccccc2)CN1. The van der Waals surface area contributed by atoms with Crippen LogP contribution in [-0.4, -0.2) is 30.1 Å². The Bertz CT molecular complexity index is 413. The highest BCUT2D eigenvalue weighted by Gasteiger charge is 2.40. The minimum atomic E-state index is 0.100. The van der Waals surface area contributed by atoms with Crippen LogP contribution in [0.2, 0.25) is 0 Å². The summed E-state index contributed by atoms with van der Waals surface area (Å²) in [6.45, 7) is 13.8. The van der Waals surface area contributed by atoms with Gasteiger partial charge in [-0.1, -0.05) is 44.2 Å². The van der Waals surface area contributed by atoms with Gasteiger partial charge < -0.3 is 5.32 Å². The first-order valence-corrected chi connectivity index (χ1v) is 7.99. The molecule has 20 heavy (non-hydrogen) atoms. The molecule has 0 spiro atoms. The quantitative estimate of drug-likeness (QED) is 0.902. The van der Waals surface area contributed by atoms with Crippen molar-refractivity contribution in [3.05, 3.63) is 35.9 Å². The van der Waals surface area contributed by atoms with Crippen LogP contribution in [0.15, 0.2) is 30.3 Å². The number of rotatable bonds is 4. The van der Waals surface area contributed by atoms with E-state index in [1.165, 1.54) is 12.0 Å². The Labute approximate surface area is 124 Å².